The smallest absolute Gasteiger partial charge is 0.264 e. The molecule has 2 rings (SSSR count). The molecule has 2 aromatic rings. The molecule has 2 aromatic carbocycles. The summed E-state index contributed by atoms with van der Waals surface area (Å²) in [6.07, 6.45) is 0. The van der Waals surface area contributed by atoms with Crippen LogP contribution in [0.4, 0.5) is 14.5 Å². The van der Waals surface area contributed by atoms with E-state index in [0.29, 0.717) is 0 Å². The standard InChI is InChI=1S/C13H11F2NO2S/c1-16(13-5-3-2-4-12(13)15)19(17,18)11-8-6-10(14)7-9-11/h2-9H,1H3. The Morgan fingerprint density at radius 3 is 2.11 bits per heavy atom. The Balaban J connectivity index is 2.45. The van der Waals surface area contributed by atoms with Crippen LogP contribution in [0, 0.1) is 11.6 Å². The lowest BCUT2D eigenvalue weighted by Gasteiger charge is -2.19. The van der Waals surface area contributed by atoms with Gasteiger partial charge in [0.1, 0.15) is 11.6 Å². The lowest BCUT2D eigenvalue weighted by molar-refractivity contribution is 0.588. The molecule has 0 unspecified atom stereocenters. The van der Waals surface area contributed by atoms with Crippen LogP contribution in [0.2, 0.25) is 0 Å². The van der Waals surface area contributed by atoms with E-state index >= 15 is 0 Å². The molecule has 0 fully saturated rings. The molecule has 3 nitrogen and oxygen atoms in total. The number of rotatable bonds is 3. The van der Waals surface area contributed by atoms with Gasteiger partial charge >= 0.3 is 0 Å². The number of halogens is 2. The second kappa shape index (κ2) is 4.97. The fraction of sp³-hybridized carbons (Fsp3) is 0.0769. The second-order valence-electron chi connectivity index (χ2n) is 3.88. The normalized spacial score (nSPS) is 11.3. The van der Waals surface area contributed by atoms with Crippen molar-refractivity contribution in [3.05, 3.63) is 60.2 Å². The molecule has 100 valence electrons. The number of sulfonamides is 1. The van der Waals surface area contributed by atoms with Gasteiger partial charge in [0.25, 0.3) is 10.0 Å². The molecule has 0 N–H and O–H groups in total. The fourth-order valence-corrected chi connectivity index (χ4v) is 2.80. The van der Waals surface area contributed by atoms with Crippen molar-refractivity contribution in [3.8, 4) is 0 Å². The van der Waals surface area contributed by atoms with Crippen LogP contribution >= 0.6 is 0 Å². The van der Waals surface area contributed by atoms with Gasteiger partial charge in [-0.15, -0.1) is 0 Å². The summed E-state index contributed by atoms with van der Waals surface area (Å²) in [5.41, 5.74) is -0.0631. The zero-order chi connectivity index (χ0) is 14.0. The van der Waals surface area contributed by atoms with Crippen molar-refractivity contribution in [2.45, 2.75) is 4.90 Å². The summed E-state index contributed by atoms with van der Waals surface area (Å²) in [7, 11) is -2.66. The van der Waals surface area contributed by atoms with E-state index in [1.165, 1.54) is 31.3 Å². The Labute approximate surface area is 110 Å². The molecule has 0 spiro atoms. The van der Waals surface area contributed by atoms with Crippen molar-refractivity contribution in [1.29, 1.82) is 0 Å². The Bertz CT molecular complexity index is 684. The first-order valence-corrected chi connectivity index (χ1v) is 6.86. The van der Waals surface area contributed by atoms with Gasteiger partial charge in [-0.3, -0.25) is 4.31 Å². The number of anilines is 1. The first-order chi connectivity index (χ1) is 8.93. The van der Waals surface area contributed by atoms with E-state index in [-0.39, 0.29) is 10.6 Å². The van der Waals surface area contributed by atoms with Crippen LogP contribution in [0.15, 0.2) is 53.4 Å². The molecule has 6 heteroatoms. The summed E-state index contributed by atoms with van der Waals surface area (Å²) in [4.78, 5) is -0.0975. The summed E-state index contributed by atoms with van der Waals surface area (Å²) < 4.78 is 51.7. The highest BCUT2D eigenvalue weighted by molar-refractivity contribution is 7.92. The number of hydrogen-bond donors (Lipinski definition) is 0. The van der Waals surface area contributed by atoms with Crippen molar-refractivity contribution in [3.63, 3.8) is 0 Å². The molecule has 0 heterocycles. The number of nitrogens with zero attached hydrogens (tertiary/aromatic N) is 1. The minimum absolute atomic E-state index is 0.0631. The SMILES string of the molecule is CN(c1ccccc1F)S(=O)(=O)c1ccc(F)cc1. The fourth-order valence-electron chi connectivity index (χ4n) is 1.60. The van der Waals surface area contributed by atoms with Crippen molar-refractivity contribution in [2.24, 2.45) is 0 Å². The molecule has 0 saturated heterocycles. The Morgan fingerprint density at radius 1 is 0.947 bits per heavy atom. The first-order valence-electron chi connectivity index (χ1n) is 5.42. The van der Waals surface area contributed by atoms with Gasteiger partial charge in [-0.05, 0) is 36.4 Å². The highest BCUT2D eigenvalue weighted by Crippen LogP contribution is 2.24. The summed E-state index contributed by atoms with van der Waals surface area (Å²) in [5, 5.41) is 0. The molecule has 0 radical (unpaired) electrons. The average Bonchev–Trinajstić information content (AvgIpc) is 2.39. The maximum absolute atomic E-state index is 13.6. The van der Waals surface area contributed by atoms with Crippen LogP contribution in [0.25, 0.3) is 0 Å². The topological polar surface area (TPSA) is 37.4 Å². The van der Waals surface area contributed by atoms with Crippen LogP contribution in [-0.2, 0) is 10.0 Å². The van der Waals surface area contributed by atoms with E-state index in [9.17, 15) is 17.2 Å². The Morgan fingerprint density at radius 2 is 1.53 bits per heavy atom. The van der Waals surface area contributed by atoms with Crippen molar-refractivity contribution >= 4 is 15.7 Å². The zero-order valence-electron chi connectivity index (χ0n) is 10.0. The average molecular weight is 283 g/mol. The highest BCUT2D eigenvalue weighted by Gasteiger charge is 2.23. The van der Waals surface area contributed by atoms with E-state index in [1.807, 2.05) is 0 Å². The molecule has 0 aliphatic carbocycles. The lowest BCUT2D eigenvalue weighted by atomic mass is 10.3. The predicted octanol–water partition coefficient (Wildman–Crippen LogP) is 2.79. The summed E-state index contributed by atoms with van der Waals surface area (Å²) in [6, 6.07) is 9.91. The van der Waals surface area contributed by atoms with E-state index in [4.69, 9.17) is 0 Å². The third-order valence-corrected chi connectivity index (χ3v) is 4.45. The molecular weight excluding hydrogens is 272 g/mol. The largest absolute Gasteiger partial charge is 0.266 e. The Kier molecular flexibility index (Phi) is 3.53. The lowest BCUT2D eigenvalue weighted by Crippen LogP contribution is -2.27. The summed E-state index contributed by atoms with van der Waals surface area (Å²) >= 11 is 0. The van der Waals surface area contributed by atoms with Gasteiger partial charge in [-0.25, -0.2) is 17.2 Å². The van der Waals surface area contributed by atoms with Gasteiger partial charge in [0.15, 0.2) is 0 Å². The maximum Gasteiger partial charge on any atom is 0.264 e. The van der Waals surface area contributed by atoms with Crippen LogP contribution < -0.4 is 4.31 Å². The molecule has 0 atom stereocenters. The van der Waals surface area contributed by atoms with Crippen LogP contribution in [0.3, 0.4) is 0 Å². The van der Waals surface area contributed by atoms with Crippen molar-refractivity contribution in [2.75, 3.05) is 11.4 Å². The number of para-hydroxylation sites is 1. The van der Waals surface area contributed by atoms with Gasteiger partial charge in [-0.1, -0.05) is 12.1 Å². The Hall–Kier alpha value is -1.95. The molecule has 0 saturated carbocycles. The van der Waals surface area contributed by atoms with E-state index in [0.717, 1.165) is 28.6 Å². The van der Waals surface area contributed by atoms with E-state index in [1.54, 1.807) is 0 Å². The molecule has 0 aliphatic heterocycles. The summed E-state index contributed by atoms with van der Waals surface area (Å²) in [5.74, 6) is -1.18. The molecule has 19 heavy (non-hydrogen) atoms. The molecule has 0 aromatic heterocycles. The van der Waals surface area contributed by atoms with E-state index < -0.39 is 21.7 Å². The third kappa shape index (κ3) is 2.58. The van der Waals surface area contributed by atoms with Crippen molar-refractivity contribution in [1.82, 2.24) is 0 Å². The number of hydrogen-bond acceptors (Lipinski definition) is 2. The van der Waals surface area contributed by atoms with Crippen LogP contribution in [-0.4, -0.2) is 15.5 Å². The highest BCUT2D eigenvalue weighted by atomic mass is 32.2. The minimum atomic E-state index is -3.90. The van der Waals surface area contributed by atoms with Gasteiger partial charge in [-0.2, -0.15) is 0 Å². The maximum atomic E-state index is 13.6. The summed E-state index contributed by atoms with van der Waals surface area (Å²) in [6.45, 7) is 0. The van der Waals surface area contributed by atoms with Gasteiger partial charge in [0.05, 0.1) is 10.6 Å². The third-order valence-electron chi connectivity index (χ3n) is 2.66. The molecular formula is C13H11F2NO2S. The first kappa shape index (κ1) is 13.5. The molecule has 0 bridgehead atoms. The minimum Gasteiger partial charge on any atom is -0.266 e. The zero-order valence-corrected chi connectivity index (χ0v) is 10.9. The second-order valence-corrected chi connectivity index (χ2v) is 5.85. The van der Waals surface area contributed by atoms with Crippen molar-refractivity contribution < 1.29 is 17.2 Å². The molecule has 0 amide bonds. The quantitative estimate of drug-likeness (QED) is 0.868. The van der Waals surface area contributed by atoms with Gasteiger partial charge < -0.3 is 0 Å². The molecule has 0 aliphatic rings. The van der Waals surface area contributed by atoms with E-state index in [2.05, 4.69) is 0 Å². The van der Waals surface area contributed by atoms with Crippen LogP contribution in [0.1, 0.15) is 0 Å². The van der Waals surface area contributed by atoms with Gasteiger partial charge in [0, 0.05) is 7.05 Å². The predicted molar refractivity (Wildman–Crippen MR) is 68.4 cm³/mol. The monoisotopic (exact) mass is 283 g/mol. The number of benzene rings is 2. The van der Waals surface area contributed by atoms with Gasteiger partial charge in [0.2, 0.25) is 0 Å². The van der Waals surface area contributed by atoms with Crippen LogP contribution in [0.5, 0.6) is 0 Å².